The fourth-order valence-corrected chi connectivity index (χ4v) is 2.77. The van der Waals surface area contributed by atoms with Crippen molar-refractivity contribution in [3.8, 4) is 11.5 Å². The van der Waals surface area contributed by atoms with Crippen molar-refractivity contribution in [3.05, 3.63) is 59.7 Å². The normalized spacial score (nSPS) is 11.8. The van der Waals surface area contributed by atoms with Crippen molar-refractivity contribution in [2.45, 2.75) is 25.2 Å². The molecule has 0 bridgehead atoms. The van der Waals surface area contributed by atoms with Gasteiger partial charge in [0.25, 0.3) is 0 Å². The highest BCUT2D eigenvalue weighted by Gasteiger charge is 2.27. The van der Waals surface area contributed by atoms with Crippen LogP contribution in [-0.2, 0) is 0 Å². The molecule has 0 saturated heterocycles. The van der Waals surface area contributed by atoms with Crippen LogP contribution in [0, 0.1) is 5.41 Å². The summed E-state index contributed by atoms with van der Waals surface area (Å²) < 4.78 is 0. The highest BCUT2D eigenvalue weighted by Crippen LogP contribution is 2.29. The first-order valence-electron chi connectivity index (χ1n) is 7.71. The molecule has 2 aromatic carbocycles. The van der Waals surface area contributed by atoms with Gasteiger partial charge < -0.3 is 10.2 Å². The fourth-order valence-electron chi connectivity index (χ4n) is 2.36. The van der Waals surface area contributed by atoms with Crippen molar-refractivity contribution in [1.82, 2.24) is 0 Å². The Balaban J connectivity index is 2.07. The second kappa shape index (κ2) is 7.58. The minimum Gasteiger partial charge on any atom is -0.504 e. The summed E-state index contributed by atoms with van der Waals surface area (Å²) in [6.07, 6.45) is 6.34. The number of aromatic hydroxyl groups is 2. The van der Waals surface area contributed by atoms with E-state index in [4.69, 9.17) is 0 Å². The highest BCUT2D eigenvalue weighted by molar-refractivity contribution is 7.98. The van der Waals surface area contributed by atoms with Crippen LogP contribution in [-0.4, -0.2) is 22.3 Å². The van der Waals surface area contributed by atoms with E-state index >= 15 is 0 Å². The summed E-state index contributed by atoms with van der Waals surface area (Å²) in [5, 5.41) is 18.8. The molecule has 2 aromatic rings. The number of hydrogen-bond acceptors (Lipinski definition) is 4. The summed E-state index contributed by atoms with van der Waals surface area (Å²) in [7, 11) is 0. The maximum absolute atomic E-state index is 12.7. The van der Waals surface area contributed by atoms with Crippen LogP contribution in [0.3, 0.4) is 0 Å². The second-order valence-corrected chi connectivity index (χ2v) is 7.18. The molecule has 4 heteroatoms. The largest absolute Gasteiger partial charge is 0.504 e. The zero-order valence-corrected chi connectivity index (χ0v) is 14.9. The van der Waals surface area contributed by atoms with E-state index in [9.17, 15) is 15.0 Å². The van der Waals surface area contributed by atoms with Crippen molar-refractivity contribution >= 4 is 23.6 Å². The van der Waals surface area contributed by atoms with Crippen LogP contribution < -0.4 is 0 Å². The zero-order valence-electron chi connectivity index (χ0n) is 14.1. The van der Waals surface area contributed by atoms with E-state index in [1.54, 1.807) is 17.8 Å². The summed E-state index contributed by atoms with van der Waals surface area (Å²) in [6, 6.07) is 12.3. The number of rotatable bonds is 6. The van der Waals surface area contributed by atoms with E-state index in [1.807, 2.05) is 56.5 Å². The number of Topliss-reactive ketones (excluding diaryl/α,β-unsaturated/α-hetero) is 1. The number of thioether (sulfide) groups is 1. The molecule has 0 aromatic heterocycles. The molecular weight excluding hydrogens is 320 g/mol. The van der Waals surface area contributed by atoms with E-state index in [1.165, 1.54) is 12.1 Å². The third-order valence-corrected chi connectivity index (χ3v) is 4.65. The summed E-state index contributed by atoms with van der Waals surface area (Å²) in [4.78, 5) is 13.8. The molecule has 0 aliphatic rings. The Morgan fingerprint density at radius 1 is 1.08 bits per heavy atom. The topological polar surface area (TPSA) is 57.5 Å². The molecule has 2 N–H and O–H groups in total. The van der Waals surface area contributed by atoms with Gasteiger partial charge in [-0.1, -0.05) is 44.2 Å². The van der Waals surface area contributed by atoms with Gasteiger partial charge in [0.1, 0.15) is 0 Å². The Morgan fingerprint density at radius 3 is 2.33 bits per heavy atom. The van der Waals surface area contributed by atoms with Gasteiger partial charge in [0.15, 0.2) is 17.3 Å². The zero-order chi connectivity index (χ0) is 17.7. The van der Waals surface area contributed by atoms with Crippen LogP contribution >= 0.6 is 11.8 Å². The van der Waals surface area contributed by atoms with Gasteiger partial charge >= 0.3 is 0 Å². The average molecular weight is 342 g/mol. The first-order chi connectivity index (χ1) is 11.3. The summed E-state index contributed by atoms with van der Waals surface area (Å²) >= 11 is 1.65. The lowest BCUT2D eigenvalue weighted by molar-refractivity contribution is 0.0841. The van der Waals surface area contributed by atoms with Gasteiger partial charge in [0.05, 0.1) is 0 Å². The number of phenols is 2. The van der Waals surface area contributed by atoms with Crippen molar-refractivity contribution in [2.24, 2.45) is 5.41 Å². The van der Waals surface area contributed by atoms with Crippen LogP contribution in [0.15, 0.2) is 53.4 Å². The van der Waals surface area contributed by atoms with E-state index < -0.39 is 5.41 Å². The molecule has 0 aliphatic heterocycles. The maximum Gasteiger partial charge on any atom is 0.168 e. The Bertz CT molecular complexity index is 746. The average Bonchev–Trinajstić information content (AvgIpc) is 2.57. The van der Waals surface area contributed by atoms with Crippen molar-refractivity contribution in [1.29, 1.82) is 0 Å². The molecule has 0 aliphatic carbocycles. The van der Waals surface area contributed by atoms with Crippen LogP contribution in [0.5, 0.6) is 11.5 Å². The van der Waals surface area contributed by atoms with Gasteiger partial charge in [-0.2, -0.15) is 0 Å². The molecule has 0 atom stereocenters. The van der Waals surface area contributed by atoms with E-state index in [-0.39, 0.29) is 17.3 Å². The molecule has 0 unspecified atom stereocenters. The number of allylic oxidation sites excluding steroid dienone is 1. The molecular formula is C20H22O3S. The number of ketones is 1. The number of carbonyl (C=O) groups excluding carboxylic acids is 1. The van der Waals surface area contributed by atoms with Gasteiger partial charge in [-0.3, -0.25) is 4.79 Å². The van der Waals surface area contributed by atoms with E-state index in [2.05, 4.69) is 0 Å². The predicted octanol–water partition coefficient (Wildman–Crippen LogP) is 5.13. The molecule has 126 valence electrons. The summed E-state index contributed by atoms with van der Waals surface area (Å²) in [5.74, 6) is -0.189. The summed E-state index contributed by atoms with van der Waals surface area (Å²) in [6.45, 7) is 3.85. The SMILES string of the molecule is CSc1ccc(C(=O)C(C)(C)C/C=C/c2ccc(O)c(O)c2)cc1. The number of phenolic OH excluding ortho intramolecular Hbond substituents is 2. The molecule has 2 rings (SSSR count). The molecule has 0 radical (unpaired) electrons. The standard InChI is InChI=1S/C20H22O3S/c1-20(2,19(23)15-7-9-16(24-3)10-8-15)12-4-5-14-6-11-17(21)18(22)13-14/h4-11,13,21-22H,12H2,1-3H3/b5-4+. The molecule has 0 amide bonds. The number of hydrogen-bond donors (Lipinski definition) is 2. The van der Waals surface area contributed by atoms with Crippen molar-refractivity contribution in [2.75, 3.05) is 6.26 Å². The third-order valence-electron chi connectivity index (χ3n) is 3.90. The lowest BCUT2D eigenvalue weighted by Crippen LogP contribution is -2.23. The van der Waals surface area contributed by atoms with Crippen LogP contribution in [0.1, 0.15) is 36.2 Å². The summed E-state index contributed by atoms with van der Waals surface area (Å²) in [5.41, 5.74) is 0.974. The first kappa shape index (κ1) is 18.1. The molecule has 0 heterocycles. The smallest absolute Gasteiger partial charge is 0.168 e. The Labute approximate surface area is 147 Å². The van der Waals surface area contributed by atoms with Gasteiger partial charge in [-0.05, 0) is 42.5 Å². The molecule has 24 heavy (non-hydrogen) atoms. The quantitative estimate of drug-likeness (QED) is 0.434. The molecule has 0 saturated carbocycles. The Kier molecular flexibility index (Phi) is 5.73. The van der Waals surface area contributed by atoms with Gasteiger partial charge in [-0.15, -0.1) is 11.8 Å². The van der Waals surface area contributed by atoms with Gasteiger partial charge in [-0.25, -0.2) is 0 Å². The third kappa shape index (κ3) is 4.42. The van der Waals surface area contributed by atoms with E-state index in [0.29, 0.717) is 12.0 Å². The predicted molar refractivity (Wildman–Crippen MR) is 99.8 cm³/mol. The van der Waals surface area contributed by atoms with Crippen molar-refractivity contribution < 1.29 is 15.0 Å². The molecule has 0 spiro atoms. The lowest BCUT2D eigenvalue weighted by Gasteiger charge is -2.21. The number of carbonyl (C=O) groups is 1. The Hall–Kier alpha value is -2.20. The lowest BCUT2D eigenvalue weighted by atomic mass is 9.81. The Morgan fingerprint density at radius 2 is 1.75 bits per heavy atom. The van der Waals surface area contributed by atoms with Crippen LogP contribution in [0.2, 0.25) is 0 Å². The van der Waals surface area contributed by atoms with E-state index in [0.717, 1.165) is 10.5 Å². The highest BCUT2D eigenvalue weighted by atomic mass is 32.2. The van der Waals surface area contributed by atoms with Crippen molar-refractivity contribution in [3.63, 3.8) is 0 Å². The minimum atomic E-state index is -0.518. The van der Waals surface area contributed by atoms with Gasteiger partial charge in [0.2, 0.25) is 0 Å². The van der Waals surface area contributed by atoms with Gasteiger partial charge in [0, 0.05) is 15.9 Å². The second-order valence-electron chi connectivity index (χ2n) is 6.30. The van der Waals surface area contributed by atoms with Crippen LogP contribution in [0.25, 0.3) is 6.08 Å². The molecule has 3 nitrogen and oxygen atoms in total. The van der Waals surface area contributed by atoms with Crippen LogP contribution in [0.4, 0.5) is 0 Å². The molecule has 0 fully saturated rings. The minimum absolute atomic E-state index is 0.105. The maximum atomic E-state index is 12.7. The first-order valence-corrected chi connectivity index (χ1v) is 8.93. The monoisotopic (exact) mass is 342 g/mol. The number of benzene rings is 2. The fraction of sp³-hybridized carbons (Fsp3) is 0.250.